The largest absolute Gasteiger partial charge is 0.389 e. The number of aliphatic hydroxyl groups excluding tert-OH is 3. The summed E-state index contributed by atoms with van der Waals surface area (Å²) in [4.78, 5) is 0. The summed E-state index contributed by atoms with van der Waals surface area (Å²) in [6.07, 6.45) is -2.90. The Morgan fingerprint density at radius 1 is 0.900 bits per heavy atom. The van der Waals surface area contributed by atoms with Crippen molar-refractivity contribution >= 4 is 31.9 Å². The number of aliphatic hydroxyl groups is 3. The fourth-order valence-corrected chi connectivity index (χ4v) is 1.20. The quantitative estimate of drug-likeness (QED) is 0.627. The lowest BCUT2D eigenvalue weighted by molar-refractivity contribution is -0.0390. The van der Waals surface area contributed by atoms with Crippen molar-refractivity contribution < 1.29 is 15.3 Å². The summed E-state index contributed by atoms with van der Waals surface area (Å²) in [5, 5.41) is 27.5. The zero-order valence-corrected chi connectivity index (χ0v) is 8.42. The van der Waals surface area contributed by atoms with E-state index in [1.165, 1.54) is 0 Å². The maximum atomic E-state index is 9.03. The Morgan fingerprint density at radius 3 is 1.40 bits per heavy atom. The molecule has 1 unspecified atom stereocenters. The fourth-order valence-electron chi connectivity index (χ4n) is 0.439. The first-order valence-corrected chi connectivity index (χ1v) is 5.04. The SMILES string of the molecule is OC([C@H](O)CBr)[C@@H](O)CBr. The molecule has 0 radical (unpaired) electrons. The summed E-state index contributed by atoms with van der Waals surface area (Å²) in [5.74, 6) is 0. The van der Waals surface area contributed by atoms with Crippen LogP contribution in [0.5, 0.6) is 0 Å². The van der Waals surface area contributed by atoms with E-state index in [2.05, 4.69) is 31.9 Å². The third-order valence-corrected chi connectivity index (χ3v) is 2.43. The number of rotatable bonds is 4. The molecule has 0 bridgehead atoms. The molecule has 0 fully saturated rings. The molecule has 0 saturated carbocycles. The summed E-state index contributed by atoms with van der Waals surface area (Å²) in [6, 6.07) is 0. The van der Waals surface area contributed by atoms with Gasteiger partial charge in [-0.3, -0.25) is 0 Å². The van der Waals surface area contributed by atoms with Gasteiger partial charge in [0.15, 0.2) is 0 Å². The van der Waals surface area contributed by atoms with Crippen LogP contribution in [0.25, 0.3) is 0 Å². The van der Waals surface area contributed by atoms with Crippen molar-refractivity contribution in [3.8, 4) is 0 Å². The molecule has 0 aromatic heterocycles. The molecular formula is C5H10Br2O3. The van der Waals surface area contributed by atoms with E-state index in [4.69, 9.17) is 15.3 Å². The highest BCUT2D eigenvalue weighted by molar-refractivity contribution is 9.09. The van der Waals surface area contributed by atoms with E-state index in [-0.39, 0.29) is 10.7 Å². The normalized spacial score (nSPS) is 20.1. The van der Waals surface area contributed by atoms with Gasteiger partial charge in [-0.15, -0.1) is 0 Å². The van der Waals surface area contributed by atoms with Gasteiger partial charge in [0.05, 0.1) is 12.2 Å². The molecule has 3 nitrogen and oxygen atoms in total. The van der Waals surface area contributed by atoms with E-state index in [1.54, 1.807) is 0 Å². The van der Waals surface area contributed by atoms with Crippen LogP contribution in [0, 0.1) is 0 Å². The average Bonchev–Trinajstić information content (AvgIpc) is 2.00. The van der Waals surface area contributed by atoms with Crippen molar-refractivity contribution in [2.75, 3.05) is 10.7 Å². The zero-order valence-electron chi connectivity index (χ0n) is 5.24. The van der Waals surface area contributed by atoms with Crippen molar-refractivity contribution in [2.45, 2.75) is 18.3 Å². The van der Waals surface area contributed by atoms with Gasteiger partial charge in [-0.05, 0) is 0 Å². The van der Waals surface area contributed by atoms with E-state index in [1.807, 2.05) is 0 Å². The smallest absolute Gasteiger partial charge is 0.107 e. The van der Waals surface area contributed by atoms with Crippen LogP contribution in [0.4, 0.5) is 0 Å². The Labute approximate surface area is 76.3 Å². The molecule has 0 aromatic carbocycles. The first-order chi connectivity index (χ1) is 4.63. The molecule has 0 aliphatic carbocycles. The highest BCUT2D eigenvalue weighted by atomic mass is 79.9. The maximum absolute atomic E-state index is 9.03. The van der Waals surface area contributed by atoms with Crippen molar-refractivity contribution in [3.05, 3.63) is 0 Å². The van der Waals surface area contributed by atoms with E-state index in [0.717, 1.165) is 0 Å². The summed E-state index contributed by atoms with van der Waals surface area (Å²) in [7, 11) is 0. The minimum absolute atomic E-state index is 0.262. The zero-order chi connectivity index (χ0) is 8.15. The average molecular weight is 278 g/mol. The number of alkyl halides is 2. The van der Waals surface area contributed by atoms with Crippen LogP contribution in [0.1, 0.15) is 0 Å². The van der Waals surface area contributed by atoms with Crippen LogP contribution in [-0.2, 0) is 0 Å². The van der Waals surface area contributed by atoms with Gasteiger partial charge in [-0.2, -0.15) is 0 Å². The lowest BCUT2D eigenvalue weighted by Gasteiger charge is -2.19. The predicted octanol–water partition coefficient (Wildman–Crippen LogP) is -0.141. The van der Waals surface area contributed by atoms with Gasteiger partial charge in [0.25, 0.3) is 0 Å². The number of hydrogen-bond acceptors (Lipinski definition) is 3. The Morgan fingerprint density at radius 2 is 1.20 bits per heavy atom. The molecule has 3 atom stereocenters. The van der Waals surface area contributed by atoms with Crippen molar-refractivity contribution in [3.63, 3.8) is 0 Å². The fraction of sp³-hybridized carbons (Fsp3) is 1.00. The maximum Gasteiger partial charge on any atom is 0.107 e. The molecule has 0 heterocycles. The molecule has 0 aliphatic rings. The summed E-state index contributed by atoms with van der Waals surface area (Å²) < 4.78 is 0. The van der Waals surface area contributed by atoms with Crippen LogP contribution in [-0.4, -0.2) is 44.3 Å². The molecule has 62 valence electrons. The van der Waals surface area contributed by atoms with Gasteiger partial charge in [-0.25, -0.2) is 0 Å². The second-order valence-electron chi connectivity index (χ2n) is 1.93. The molecule has 0 aliphatic heterocycles. The Hall–Kier alpha value is 0.840. The Balaban J connectivity index is 3.69. The Kier molecular flexibility index (Phi) is 5.95. The minimum atomic E-state index is -1.08. The second kappa shape index (κ2) is 5.49. The van der Waals surface area contributed by atoms with Gasteiger partial charge >= 0.3 is 0 Å². The first-order valence-electron chi connectivity index (χ1n) is 2.79. The monoisotopic (exact) mass is 276 g/mol. The highest BCUT2D eigenvalue weighted by Gasteiger charge is 2.22. The lowest BCUT2D eigenvalue weighted by Crippen LogP contribution is -2.39. The highest BCUT2D eigenvalue weighted by Crippen LogP contribution is 2.04. The van der Waals surface area contributed by atoms with E-state index >= 15 is 0 Å². The van der Waals surface area contributed by atoms with Crippen LogP contribution in [0.15, 0.2) is 0 Å². The molecule has 0 saturated heterocycles. The van der Waals surface area contributed by atoms with E-state index in [0.29, 0.717) is 0 Å². The van der Waals surface area contributed by atoms with Gasteiger partial charge in [0.1, 0.15) is 6.10 Å². The van der Waals surface area contributed by atoms with Crippen LogP contribution in [0.2, 0.25) is 0 Å². The van der Waals surface area contributed by atoms with E-state index < -0.39 is 18.3 Å². The number of hydrogen-bond donors (Lipinski definition) is 3. The molecule has 0 aromatic rings. The van der Waals surface area contributed by atoms with Crippen molar-refractivity contribution in [2.24, 2.45) is 0 Å². The van der Waals surface area contributed by atoms with Gasteiger partial charge in [0, 0.05) is 10.7 Å². The van der Waals surface area contributed by atoms with Gasteiger partial charge in [-0.1, -0.05) is 31.9 Å². The molecule has 0 spiro atoms. The van der Waals surface area contributed by atoms with Crippen LogP contribution < -0.4 is 0 Å². The predicted molar refractivity (Wildman–Crippen MR) is 45.6 cm³/mol. The molecule has 10 heavy (non-hydrogen) atoms. The van der Waals surface area contributed by atoms with Gasteiger partial charge in [0.2, 0.25) is 0 Å². The summed E-state index contributed by atoms with van der Waals surface area (Å²) in [5.41, 5.74) is 0. The minimum Gasteiger partial charge on any atom is -0.389 e. The van der Waals surface area contributed by atoms with Crippen molar-refractivity contribution in [1.29, 1.82) is 0 Å². The third kappa shape index (κ3) is 3.30. The van der Waals surface area contributed by atoms with Crippen LogP contribution in [0.3, 0.4) is 0 Å². The van der Waals surface area contributed by atoms with Crippen molar-refractivity contribution in [1.82, 2.24) is 0 Å². The van der Waals surface area contributed by atoms with Gasteiger partial charge < -0.3 is 15.3 Å². The van der Waals surface area contributed by atoms with Crippen LogP contribution >= 0.6 is 31.9 Å². The molecule has 3 N–H and O–H groups in total. The standard InChI is InChI=1S/C5H10Br2O3/c6-1-3(8)5(10)4(9)2-7/h3-5,8-10H,1-2H2/t3-,4+,5?. The molecule has 0 amide bonds. The molecular weight excluding hydrogens is 268 g/mol. The summed E-state index contributed by atoms with van der Waals surface area (Å²) >= 11 is 5.95. The third-order valence-electron chi connectivity index (χ3n) is 1.10. The topological polar surface area (TPSA) is 60.7 Å². The second-order valence-corrected chi connectivity index (χ2v) is 3.23. The molecule has 5 heteroatoms. The number of halogens is 2. The van der Waals surface area contributed by atoms with E-state index in [9.17, 15) is 0 Å². The Bertz CT molecular complexity index is 81.0. The first kappa shape index (κ1) is 10.8. The lowest BCUT2D eigenvalue weighted by atomic mass is 10.1. The molecule has 0 rings (SSSR count). The summed E-state index contributed by atoms with van der Waals surface area (Å²) in [6.45, 7) is 0.